The van der Waals surface area contributed by atoms with Crippen LogP contribution in [0.3, 0.4) is 0 Å². The van der Waals surface area contributed by atoms with Gasteiger partial charge in [-0.15, -0.1) is 0 Å². The lowest BCUT2D eigenvalue weighted by Gasteiger charge is -2.38. The van der Waals surface area contributed by atoms with Crippen LogP contribution in [0.25, 0.3) is 0 Å². The molecule has 1 unspecified atom stereocenters. The highest BCUT2D eigenvalue weighted by atomic mass is 16.4. The van der Waals surface area contributed by atoms with E-state index in [0.29, 0.717) is 0 Å². The van der Waals surface area contributed by atoms with Crippen LogP contribution in [-0.2, 0) is 4.79 Å². The zero-order valence-corrected chi connectivity index (χ0v) is 10.2. The average Bonchev–Trinajstić information content (AvgIpc) is 2.63. The van der Waals surface area contributed by atoms with Crippen molar-refractivity contribution in [3.05, 3.63) is 24.2 Å². The Morgan fingerprint density at radius 2 is 2.19 bits per heavy atom. The molecular weight excluding hydrogens is 206 g/mol. The predicted molar refractivity (Wildman–Crippen MR) is 61.2 cm³/mol. The number of nitrogens with zero attached hydrogens (tertiary/aromatic N) is 1. The summed E-state index contributed by atoms with van der Waals surface area (Å²) in [5, 5.41) is 8.93. The molecule has 16 heavy (non-hydrogen) atoms. The molecule has 0 saturated carbocycles. The Bertz CT molecular complexity index is 338. The molecule has 0 saturated heterocycles. The van der Waals surface area contributed by atoms with E-state index >= 15 is 0 Å². The van der Waals surface area contributed by atoms with E-state index in [0.717, 1.165) is 5.56 Å². The fraction of sp³-hybridized carbons (Fsp3) is 0.583. The Morgan fingerprint density at radius 3 is 2.56 bits per heavy atom. The van der Waals surface area contributed by atoms with E-state index in [9.17, 15) is 4.79 Å². The Morgan fingerprint density at radius 1 is 1.56 bits per heavy atom. The van der Waals surface area contributed by atoms with E-state index in [4.69, 9.17) is 9.52 Å². The van der Waals surface area contributed by atoms with E-state index in [1.54, 1.807) is 12.5 Å². The van der Waals surface area contributed by atoms with Gasteiger partial charge in [0.05, 0.1) is 19.1 Å². The van der Waals surface area contributed by atoms with Gasteiger partial charge < -0.3 is 9.52 Å². The zero-order valence-electron chi connectivity index (χ0n) is 10.2. The van der Waals surface area contributed by atoms with Crippen molar-refractivity contribution in [1.29, 1.82) is 0 Å². The Balaban J connectivity index is 2.89. The van der Waals surface area contributed by atoms with Gasteiger partial charge in [0, 0.05) is 17.1 Å². The van der Waals surface area contributed by atoms with Gasteiger partial charge in [-0.2, -0.15) is 0 Å². The van der Waals surface area contributed by atoms with Crippen LogP contribution >= 0.6 is 0 Å². The maximum Gasteiger partial charge on any atom is 0.317 e. The lowest BCUT2D eigenvalue weighted by molar-refractivity contribution is -0.140. The molecule has 4 nitrogen and oxygen atoms in total. The highest BCUT2D eigenvalue weighted by molar-refractivity contribution is 5.69. The molecular formula is C12H19NO3. The smallest absolute Gasteiger partial charge is 0.317 e. The number of furan rings is 1. The molecule has 0 aliphatic rings. The minimum Gasteiger partial charge on any atom is -0.480 e. The molecule has 1 N–H and O–H groups in total. The molecule has 90 valence electrons. The van der Waals surface area contributed by atoms with Gasteiger partial charge in [0.1, 0.15) is 0 Å². The average molecular weight is 225 g/mol. The quantitative estimate of drug-likeness (QED) is 0.855. The van der Waals surface area contributed by atoms with Crippen LogP contribution in [0.1, 0.15) is 39.3 Å². The normalized spacial score (nSPS) is 14.1. The number of carboxylic acids is 1. The van der Waals surface area contributed by atoms with Crippen molar-refractivity contribution in [3.8, 4) is 0 Å². The summed E-state index contributed by atoms with van der Waals surface area (Å²) < 4.78 is 5.03. The third-order valence-electron chi connectivity index (χ3n) is 2.66. The predicted octanol–water partition coefficient (Wildman–Crippen LogP) is 2.53. The van der Waals surface area contributed by atoms with E-state index in [-0.39, 0.29) is 18.1 Å². The number of rotatable bonds is 4. The minimum atomic E-state index is -0.815. The summed E-state index contributed by atoms with van der Waals surface area (Å²) in [6.07, 6.45) is 3.26. The first-order chi connectivity index (χ1) is 7.32. The Kier molecular flexibility index (Phi) is 3.75. The second-order valence-electron chi connectivity index (χ2n) is 4.93. The standard InChI is InChI=1S/C12H19NO3/c1-9(10-5-6-16-8-10)13(7-11(14)15)12(2,3)4/h5-6,8-9H,7H2,1-4H3,(H,14,15). The molecule has 0 fully saturated rings. The summed E-state index contributed by atoms with van der Waals surface area (Å²) in [5.74, 6) is -0.815. The largest absolute Gasteiger partial charge is 0.480 e. The van der Waals surface area contributed by atoms with Gasteiger partial charge in [-0.25, -0.2) is 0 Å². The van der Waals surface area contributed by atoms with Gasteiger partial charge in [0.25, 0.3) is 0 Å². The molecule has 0 aliphatic carbocycles. The molecule has 1 heterocycles. The molecule has 0 aromatic carbocycles. The Hall–Kier alpha value is -1.29. The van der Waals surface area contributed by atoms with Crippen LogP contribution in [0, 0.1) is 0 Å². The third kappa shape index (κ3) is 3.10. The van der Waals surface area contributed by atoms with E-state index in [2.05, 4.69) is 0 Å². The summed E-state index contributed by atoms with van der Waals surface area (Å²) in [7, 11) is 0. The first kappa shape index (κ1) is 12.8. The van der Waals surface area contributed by atoms with Crippen LogP contribution in [0.4, 0.5) is 0 Å². The van der Waals surface area contributed by atoms with Gasteiger partial charge in [-0.05, 0) is 33.8 Å². The van der Waals surface area contributed by atoms with Gasteiger partial charge in [0.2, 0.25) is 0 Å². The summed E-state index contributed by atoms with van der Waals surface area (Å²) >= 11 is 0. The number of carboxylic acid groups (broad SMARTS) is 1. The summed E-state index contributed by atoms with van der Waals surface area (Å²) in [4.78, 5) is 12.8. The molecule has 0 radical (unpaired) electrons. The van der Waals surface area contributed by atoms with Crippen LogP contribution < -0.4 is 0 Å². The van der Waals surface area contributed by atoms with Crippen LogP contribution in [0.15, 0.2) is 23.0 Å². The van der Waals surface area contributed by atoms with Crippen molar-refractivity contribution in [2.24, 2.45) is 0 Å². The van der Waals surface area contributed by atoms with Crippen LogP contribution in [-0.4, -0.2) is 28.1 Å². The van der Waals surface area contributed by atoms with Crippen molar-refractivity contribution >= 4 is 5.97 Å². The fourth-order valence-electron chi connectivity index (χ4n) is 1.79. The fourth-order valence-corrected chi connectivity index (χ4v) is 1.79. The molecule has 1 aromatic heterocycles. The molecule has 1 atom stereocenters. The summed E-state index contributed by atoms with van der Waals surface area (Å²) in [6.45, 7) is 8.03. The Labute approximate surface area is 95.9 Å². The lowest BCUT2D eigenvalue weighted by Crippen LogP contribution is -2.45. The first-order valence-corrected chi connectivity index (χ1v) is 5.33. The highest BCUT2D eigenvalue weighted by Crippen LogP contribution is 2.27. The molecule has 4 heteroatoms. The summed E-state index contributed by atoms with van der Waals surface area (Å²) in [5.41, 5.74) is 0.797. The van der Waals surface area contributed by atoms with Gasteiger partial charge in [-0.1, -0.05) is 0 Å². The molecule has 0 amide bonds. The minimum absolute atomic E-state index is 0.0230. The van der Waals surface area contributed by atoms with E-state index < -0.39 is 5.97 Å². The van der Waals surface area contributed by atoms with Crippen molar-refractivity contribution in [2.75, 3.05) is 6.54 Å². The van der Waals surface area contributed by atoms with Crippen molar-refractivity contribution in [3.63, 3.8) is 0 Å². The number of hydrogen-bond acceptors (Lipinski definition) is 3. The monoisotopic (exact) mass is 225 g/mol. The summed E-state index contributed by atoms with van der Waals surface area (Å²) in [6, 6.07) is 1.89. The van der Waals surface area contributed by atoms with Crippen molar-refractivity contribution in [1.82, 2.24) is 4.90 Å². The SMILES string of the molecule is CC(c1ccoc1)N(CC(=O)O)C(C)(C)C. The molecule has 0 bridgehead atoms. The lowest BCUT2D eigenvalue weighted by atomic mass is 10.0. The number of aliphatic carboxylic acids is 1. The van der Waals surface area contributed by atoms with E-state index in [1.165, 1.54) is 0 Å². The maximum absolute atomic E-state index is 10.9. The second-order valence-corrected chi connectivity index (χ2v) is 4.93. The second kappa shape index (κ2) is 4.70. The third-order valence-corrected chi connectivity index (χ3v) is 2.66. The van der Waals surface area contributed by atoms with Gasteiger partial charge in [0.15, 0.2) is 0 Å². The van der Waals surface area contributed by atoms with E-state index in [1.807, 2.05) is 38.7 Å². The molecule has 1 aromatic rings. The van der Waals surface area contributed by atoms with Crippen molar-refractivity contribution in [2.45, 2.75) is 39.3 Å². The van der Waals surface area contributed by atoms with Gasteiger partial charge >= 0.3 is 5.97 Å². The molecule has 1 rings (SSSR count). The number of hydrogen-bond donors (Lipinski definition) is 1. The molecule has 0 aliphatic heterocycles. The topological polar surface area (TPSA) is 53.7 Å². The van der Waals surface area contributed by atoms with Crippen molar-refractivity contribution < 1.29 is 14.3 Å². The van der Waals surface area contributed by atoms with Crippen LogP contribution in [0.5, 0.6) is 0 Å². The van der Waals surface area contributed by atoms with Gasteiger partial charge in [-0.3, -0.25) is 9.69 Å². The first-order valence-electron chi connectivity index (χ1n) is 5.33. The van der Waals surface area contributed by atoms with Crippen LogP contribution in [0.2, 0.25) is 0 Å². The number of carbonyl (C=O) groups is 1. The highest BCUT2D eigenvalue weighted by Gasteiger charge is 2.29. The zero-order chi connectivity index (χ0) is 12.3. The maximum atomic E-state index is 10.9. The molecule has 0 spiro atoms.